The SMILES string of the molecule is CNC(=O)c1c(-c2ccc(F)cc2)oc2ccc(-c3cc(C(=O)NCC(C)C)ccc3OCCc3c[nH]c4ccccc34)cc12. The summed E-state index contributed by atoms with van der Waals surface area (Å²) in [5.41, 5.74) is 5.61. The summed E-state index contributed by atoms with van der Waals surface area (Å²) in [7, 11) is 1.55. The number of rotatable bonds is 10. The van der Waals surface area contributed by atoms with Gasteiger partial charge in [0.1, 0.15) is 22.9 Å². The maximum atomic E-state index is 13.7. The van der Waals surface area contributed by atoms with E-state index in [9.17, 15) is 14.0 Å². The average Bonchev–Trinajstić information content (AvgIpc) is 3.65. The summed E-state index contributed by atoms with van der Waals surface area (Å²) in [5.74, 6) is 0.374. The van der Waals surface area contributed by atoms with Gasteiger partial charge < -0.3 is 24.8 Å². The van der Waals surface area contributed by atoms with Crippen LogP contribution in [0.1, 0.15) is 40.1 Å². The normalized spacial score (nSPS) is 11.3. The molecule has 2 heterocycles. The molecule has 2 amide bonds. The quantitative estimate of drug-likeness (QED) is 0.149. The number of ether oxygens (including phenoxy) is 1. The lowest BCUT2D eigenvalue weighted by atomic mass is 9.98. The molecule has 0 bridgehead atoms. The second-order valence-electron chi connectivity index (χ2n) is 11.4. The number of halogens is 1. The molecule has 228 valence electrons. The number of H-pyrrole nitrogens is 1. The van der Waals surface area contributed by atoms with Gasteiger partial charge >= 0.3 is 0 Å². The number of aromatic nitrogens is 1. The Bertz CT molecular complexity index is 2010. The number of benzene rings is 4. The van der Waals surface area contributed by atoms with Gasteiger partial charge in [-0.3, -0.25) is 9.59 Å². The van der Waals surface area contributed by atoms with E-state index in [1.165, 1.54) is 12.1 Å². The maximum absolute atomic E-state index is 13.7. The number of para-hydroxylation sites is 1. The molecule has 0 radical (unpaired) electrons. The molecule has 0 aliphatic heterocycles. The van der Waals surface area contributed by atoms with Crippen molar-refractivity contribution in [2.45, 2.75) is 20.3 Å². The molecule has 0 aliphatic rings. The van der Waals surface area contributed by atoms with Crippen LogP contribution in [0.2, 0.25) is 0 Å². The number of aromatic amines is 1. The Hall–Kier alpha value is -5.37. The Labute approximate surface area is 260 Å². The first kappa shape index (κ1) is 29.7. The average molecular weight is 604 g/mol. The van der Waals surface area contributed by atoms with Crippen molar-refractivity contribution in [1.82, 2.24) is 15.6 Å². The smallest absolute Gasteiger partial charge is 0.255 e. The lowest BCUT2D eigenvalue weighted by Crippen LogP contribution is -2.27. The lowest BCUT2D eigenvalue weighted by molar-refractivity contribution is 0.0945. The van der Waals surface area contributed by atoms with E-state index in [0.717, 1.165) is 22.0 Å². The molecule has 0 atom stereocenters. The van der Waals surface area contributed by atoms with Gasteiger partial charge in [0.05, 0.1) is 12.2 Å². The molecule has 0 fully saturated rings. The molecule has 0 saturated heterocycles. The van der Waals surface area contributed by atoms with Gasteiger partial charge in [-0.05, 0) is 77.7 Å². The third-order valence-electron chi connectivity index (χ3n) is 7.78. The molecule has 6 rings (SSSR count). The molecule has 0 unspecified atom stereocenters. The van der Waals surface area contributed by atoms with E-state index in [2.05, 4.69) is 21.7 Å². The predicted octanol–water partition coefficient (Wildman–Crippen LogP) is 7.75. The monoisotopic (exact) mass is 603 g/mol. The Morgan fingerprint density at radius 2 is 1.69 bits per heavy atom. The molecule has 6 aromatic rings. The van der Waals surface area contributed by atoms with Crippen molar-refractivity contribution < 1.29 is 23.1 Å². The molecule has 4 aromatic carbocycles. The number of hydrogen-bond acceptors (Lipinski definition) is 4. The molecule has 3 N–H and O–H groups in total. The van der Waals surface area contributed by atoms with Crippen molar-refractivity contribution in [3.05, 3.63) is 114 Å². The van der Waals surface area contributed by atoms with E-state index < -0.39 is 0 Å². The second kappa shape index (κ2) is 12.7. The van der Waals surface area contributed by atoms with Crippen LogP contribution in [0.25, 0.3) is 44.3 Å². The summed E-state index contributed by atoms with van der Waals surface area (Å²) in [6.07, 6.45) is 2.69. The molecular weight excluding hydrogens is 569 g/mol. The molecule has 8 heteroatoms. The van der Waals surface area contributed by atoms with Gasteiger partial charge in [0, 0.05) is 59.2 Å². The Morgan fingerprint density at radius 1 is 0.911 bits per heavy atom. The first-order chi connectivity index (χ1) is 21.8. The highest BCUT2D eigenvalue weighted by molar-refractivity contribution is 6.12. The summed E-state index contributed by atoms with van der Waals surface area (Å²) in [6, 6.07) is 24.9. The van der Waals surface area contributed by atoms with Gasteiger partial charge in [-0.25, -0.2) is 4.39 Å². The predicted molar refractivity (Wildman–Crippen MR) is 175 cm³/mol. The molecular formula is C37H34FN3O4. The minimum atomic E-state index is -0.381. The van der Waals surface area contributed by atoms with Crippen LogP contribution >= 0.6 is 0 Å². The zero-order valence-electron chi connectivity index (χ0n) is 25.4. The van der Waals surface area contributed by atoms with Gasteiger partial charge in [0.2, 0.25) is 0 Å². The largest absolute Gasteiger partial charge is 0.493 e. The number of carbonyl (C=O) groups is 2. The third-order valence-corrected chi connectivity index (χ3v) is 7.78. The Morgan fingerprint density at radius 3 is 2.47 bits per heavy atom. The first-order valence-electron chi connectivity index (χ1n) is 15.0. The van der Waals surface area contributed by atoms with Gasteiger partial charge in [-0.1, -0.05) is 38.1 Å². The van der Waals surface area contributed by atoms with Crippen molar-refractivity contribution in [1.29, 1.82) is 0 Å². The summed E-state index contributed by atoms with van der Waals surface area (Å²) in [5, 5.41) is 7.43. The number of hydrogen-bond donors (Lipinski definition) is 3. The van der Waals surface area contributed by atoms with E-state index in [0.29, 0.717) is 70.2 Å². The highest BCUT2D eigenvalue weighted by atomic mass is 19.1. The van der Waals surface area contributed by atoms with E-state index in [4.69, 9.17) is 9.15 Å². The van der Waals surface area contributed by atoms with Crippen molar-refractivity contribution in [2.24, 2.45) is 5.92 Å². The summed E-state index contributed by atoms with van der Waals surface area (Å²) < 4.78 is 26.2. The number of furan rings is 1. The van der Waals surface area contributed by atoms with Crippen molar-refractivity contribution in [3.8, 4) is 28.2 Å². The molecule has 45 heavy (non-hydrogen) atoms. The third kappa shape index (κ3) is 6.17. The zero-order chi connectivity index (χ0) is 31.5. The van der Waals surface area contributed by atoms with E-state index in [1.54, 1.807) is 31.3 Å². The Balaban J connectivity index is 1.39. The fraction of sp³-hybridized carbons (Fsp3) is 0.189. The van der Waals surface area contributed by atoms with Crippen LogP contribution in [0, 0.1) is 11.7 Å². The van der Waals surface area contributed by atoms with Gasteiger partial charge in [0.25, 0.3) is 11.8 Å². The van der Waals surface area contributed by atoms with Crippen molar-refractivity contribution in [3.63, 3.8) is 0 Å². The van der Waals surface area contributed by atoms with Crippen LogP contribution in [0.3, 0.4) is 0 Å². The van der Waals surface area contributed by atoms with Gasteiger partial charge in [-0.2, -0.15) is 0 Å². The maximum Gasteiger partial charge on any atom is 0.255 e. The van der Waals surface area contributed by atoms with Crippen LogP contribution in [-0.4, -0.2) is 37.0 Å². The Kier molecular flexibility index (Phi) is 8.38. The van der Waals surface area contributed by atoms with E-state index in [1.807, 2.05) is 62.5 Å². The molecule has 2 aromatic heterocycles. The highest BCUT2D eigenvalue weighted by Gasteiger charge is 2.23. The van der Waals surface area contributed by atoms with Crippen molar-refractivity contribution >= 4 is 33.7 Å². The number of amides is 2. The van der Waals surface area contributed by atoms with Gasteiger partial charge in [0.15, 0.2) is 0 Å². The van der Waals surface area contributed by atoms with Crippen LogP contribution in [0.5, 0.6) is 5.75 Å². The van der Waals surface area contributed by atoms with E-state index in [-0.39, 0.29) is 17.6 Å². The lowest BCUT2D eigenvalue weighted by Gasteiger charge is -2.15. The summed E-state index contributed by atoms with van der Waals surface area (Å²) >= 11 is 0. The molecule has 7 nitrogen and oxygen atoms in total. The summed E-state index contributed by atoms with van der Waals surface area (Å²) in [4.78, 5) is 29.5. The fourth-order valence-corrected chi connectivity index (χ4v) is 5.45. The van der Waals surface area contributed by atoms with Gasteiger partial charge in [-0.15, -0.1) is 0 Å². The molecule has 0 aliphatic carbocycles. The number of fused-ring (bicyclic) bond motifs is 2. The standard InChI is InChI=1S/C37H34FN3O4/c1-22(2)20-41-36(42)25-11-14-32(44-17-16-26-21-40-31-7-5-4-6-28(26)31)29(19-25)24-10-15-33-30(18-24)34(37(43)39-3)35(45-33)23-8-12-27(38)13-9-23/h4-15,18-19,21-22,40H,16-17,20H2,1-3H3,(H,39,43)(H,41,42). The summed E-state index contributed by atoms with van der Waals surface area (Å²) in [6.45, 7) is 5.06. The number of carbonyl (C=O) groups excluding carboxylic acids is 2. The fourth-order valence-electron chi connectivity index (χ4n) is 5.45. The van der Waals surface area contributed by atoms with Crippen LogP contribution in [0.15, 0.2) is 95.5 Å². The molecule has 0 saturated carbocycles. The second-order valence-corrected chi connectivity index (χ2v) is 11.4. The van der Waals surface area contributed by atoms with Crippen LogP contribution in [-0.2, 0) is 6.42 Å². The first-order valence-corrected chi connectivity index (χ1v) is 15.0. The van der Waals surface area contributed by atoms with Crippen LogP contribution in [0.4, 0.5) is 4.39 Å². The minimum Gasteiger partial charge on any atom is -0.493 e. The molecule has 0 spiro atoms. The van der Waals surface area contributed by atoms with Crippen LogP contribution < -0.4 is 15.4 Å². The number of nitrogens with one attached hydrogen (secondary N) is 3. The van der Waals surface area contributed by atoms with Crippen molar-refractivity contribution in [2.75, 3.05) is 20.2 Å². The minimum absolute atomic E-state index is 0.177. The zero-order valence-corrected chi connectivity index (χ0v) is 25.4. The van der Waals surface area contributed by atoms with E-state index >= 15 is 0 Å². The highest BCUT2D eigenvalue weighted by Crippen LogP contribution is 2.38. The topological polar surface area (TPSA) is 96.4 Å².